The molecule has 2 fully saturated rings. The van der Waals surface area contributed by atoms with E-state index in [9.17, 15) is 0 Å². The number of nitrogens with one attached hydrogen (secondary N) is 1. The number of hydrogen-bond donors (Lipinski definition) is 1. The molecule has 0 radical (unpaired) electrons. The van der Waals surface area contributed by atoms with Crippen molar-refractivity contribution in [1.82, 2.24) is 10.2 Å². The minimum Gasteiger partial charge on any atom is -0.465 e. The van der Waals surface area contributed by atoms with Crippen LogP contribution < -0.4 is 5.32 Å². The van der Waals surface area contributed by atoms with Gasteiger partial charge >= 0.3 is 0 Å². The Bertz CT molecular complexity index is 391. The minimum atomic E-state index is 0.694. The first-order valence-electron chi connectivity index (χ1n) is 7.87. The van der Waals surface area contributed by atoms with Crippen LogP contribution in [0.25, 0.3) is 0 Å². The van der Waals surface area contributed by atoms with Crippen LogP contribution in [0.15, 0.2) is 16.5 Å². The second-order valence-corrected chi connectivity index (χ2v) is 6.15. The Morgan fingerprint density at radius 2 is 2.05 bits per heavy atom. The monoisotopic (exact) mass is 262 g/mol. The molecule has 1 saturated heterocycles. The van der Waals surface area contributed by atoms with E-state index in [-0.39, 0.29) is 0 Å². The van der Waals surface area contributed by atoms with Crippen molar-refractivity contribution in [2.45, 2.75) is 51.6 Å². The first-order valence-corrected chi connectivity index (χ1v) is 7.87. The first-order chi connectivity index (χ1) is 9.33. The second kappa shape index (κ2) is 6.10. The molecular formula is C16H26N2O. The number of aryl methyl sites for hydroxylation is 1. The summed E-state index contributed by atoms with van der Waals surface area (Å²) in [7, 11) is 0. The fourth-order valence-corrected chi connectivity index (χ4v) is 3.01. The summed E-state index contributed by atoms with van der Waals surface area (Å²) in [4.78, 5) is 2.60. The summed E-state index contributed by atoms with van der Waals surface area (Å²) < 4.78 is 5.87. The zero-order valence-electron chi connectivity index (χ0n) is 12.0. The van der Waals surface area contributed by atoms with Gasteiger partial charge in [-0.3, -0.25) is 4.90 Å². The molecule has 0 amide bonds. The molecule has 1 saturated carbocycles. The van der Waals surface area contributed by atoms with E-state index in [2.05, 4.69) is 29.3 Å². The van der Waals surface area contributed by atoms with Crippen LogP contribution in [0.4, 0.5) is 0 Å². The van der Waals surface area contributed by atoms with Gasteiger partial charge < -0.3 is 9.73 Å². The lowest BCUT2D eigenvalue weighted by molar-refractivity contribution is 0.213. The van der Waals surface area contributed by atoms with Crippen molar-refractivity contribution in [3.63, 3.8) is 0 Å². The molecule has 1 aliphatic heterocycles. The van der Waals surface area contributed by atoms with Crippen LogP contribution in [0.2, 0.25) is 0 Å². The van der Waals surface area contributed by atoms with E-state index < -0.39 is 0 Å². The molecule has 0 spiro atoms. The van der Waals surface area contributed by atoms with Gasteiger partial charge in [-0.2, -0.15) is 0 Å². The molecule has 106 valence electrons. The Balaban J connectivity index is 1.57. The summed E-state index contributed by atoms with van der Waals surface area (Å²) in [5, 5.41) is 3.61. The number of rotatable bonds is 7. The Kier molecular flexibility index (Phi) is 4.24. The highest BCUT2D eigenvalue weighted by atomic mass is 16.3. The summed E-state index contributed by atoms with van der Waals surface area (Å²) in [5.74, 6) is 3.19. The van der Waals surface area contributed by atoms with Gasteiger partial charge in [-0.1, -0.05) is 6.92 Å². The molecule has 3 heteroatoms. The average Bonchev–Trinajstić information content (AvgIpc) is 2.91. The molecule has 1 aliphatic carbocycles. The Hall–Kier alpha value is -0.800. The van der Waals surface area contributed by atoms with Crippen molar-refractivity contribution >= 4 is 0 Å². The van der Waals surface area contributed by atoms with E-state index in [0.717, 1.165) is 30.4 Å². The van der Waals surface area contributed by atoms with Gasteiger partial charge in [0.2, 0.25) is 0 Å². The molecule has 0 aromatic carbocycles. The molecule has 1 N–H and O–H groups in total. The molecule has 1 atom stereocenters. The third-order valence-corrected chi connectivity index (χ3v) is 4.30. The zero-order chi connectivity index (χ0) is 13.1. The summed E-state index contributed by atoms with van der Waals surface area (Å²) in [6.45, 7) is 6.75. The highest BCUT2D eigenvalue weighted by molar-refractivity contribution is 5.07. The third kappa shape index (κ3) is 3.83. The van der Waals surface area contributed by atoms with Crippen molar-refractivity contribution in [3.8, 4) is 0 Å². The maximum Gasteiger partial charge on any atom is 0.118 e. The SMILES string of the molecule is CCc1ccc(CN(CC2CC2)CC2CCCN2)o1. The van der Waals surface area contributed by atoms with Crippen molar-refractivity contribution < 1.29 is 4.42 Å². The lowest BCUT2D eigenvalue weighted by Gasteiger charge is -2.24. The van der Waals surface area contributed by atoms with Gasteiger partial charge in [-0.15, -0.1) is 0 Å². The maximum atomic E-state index is 5.87. The fraction of sp³-hybridized carbons (Fsp3) is 0.750. The Morgan fingerprint density at radius 3 is 2.68 bits per heavy atom. The van der Waals surface area contributed by atoms with Crippen LogP contribution in [0, 0.1) is 5.92 Å². The van der Waals surface area contributed by atoms with E-state index in [1.165, 1.54) is 45.3 Å². The molecule has 1 aromatic rings. The summed E-state index contributed by atoms with van der Waals surface area (Å²) >= 11 is 0. The minimum absolute atomic E-state index is 0.694. The van der Waals surface area contributed by atoms with Gasteiger partial charge in [0.15, 0.2) is 0 Å². The molecule has 3 rings (SSSR count). The molecule has 2 aliphatic rings. The highest BCUT2D eigenvalue weighted by Crippen LogP contribution is 2.30. The standard InChI is InChI=1S/C16H26N2O/c1-2-15-7-8-16(19-15)12-18(10-13-5-6-13)11-14-4-3-9-17-14/h7-8,13-14,17H,2-6,9-12H2,1H3. The molecule has 19 heavy (non-hydrogen) atoms. The van der Waals surface area contributed by atoms with Gasteiger partial charge in [0.05, 0.1) is 6.54 Å². The Labute approximate surface area is 116 Å². The van der Waals surface area contributed by atoms with Gasteiger partial charge in [-0.05, 0) is 50.3 Å². The van der Waals surface area contributed by atoms with Crippen molar-refractivity contribution in [2.24, 2.45) is 5.92 Å². The van der Waals surface area contributed by atoms with E-state index >= 15 is 0 Å². The molecule has 1 unspecified atom stereocenters. The van der Waals surface area contributed by atoms with Crippen molar-refractivity contribution in [2.75, 3.05) is 19.6 Å². The van der Waals surface area contributed by atoms with Crippen molar-refractivity contribution in [1.29, 1.82) is 0 Å². The lowest BCUT2D eigenvalue weighted by atomic mass is 10.2. The van der Waals surface area contributed by atoms with Gasteiger partial charge in [0, 0.05) is 25.6 Å². The van der Waals surface area contributed by atoms with Crippen LogP contribution in [0.3, 0.4) is 0 Å². The summed E-state index contributed by atoms with van der Waals surface area (Å²) in [5.41, 5.74) is 0. The van der Waals surface area contributed by atoms with Crippen LogP contribution in [-0.2, 0) is 13.0 Å². The maximum absolute atomic E-state index is 5.87. The van der Waals surface area contributed by atoms with Gasteiger partial charge in [-0.25, -0.2) is 0 Å². The average molecular weight is 262 g/mol. The fourth-order valence-electron chi connectivity index (χ4n) is 3.01. The van der Waals surface area contributed by atoms with E-state index in [1.54, 1.807) is 0 Å². The van der Waals surface area contributed by atoms with Crippen LogP contribution >= 0.6 is 0 Å². The van der Waals surface area contributed by atoms with Gasteiger partial charge in [0.1, 0.15) is 11.5 Å². The quantitative estimate of drug-likeness (QED) is 0.819. The largest absolute Gasteiger partial charge is 0.465 e. The molecule has 2 heterocycles. The van der Waals surface area contributed by atoms with Crippen LogP contribution in [-0.4, -0.2) is 30.6 Å². The summed E-state index contributed by atoms with van der Waals surface area (Å²) in [6.07, 6.45) is 6.51. The topological polar surface area (TPSA) is 28.4 Å². The van der Waals surface area contributed by atoms with E-state index in [4.69, 9.17) is 4.42 Å². The van der Waals surface area contributed by atoms with Crippen LogP contribution in [0.5, 0.6) is 0 Å². The molecule has 1 aromatic heterocycles. The molecular weight excluding hydrogens is 236 g/mol. The van der Waals surface area contributed by atoms with Crippen molar-refractivity contribution in [3.05, 3.63) is 23.7 Å². The molecule has 3 nitrogen and oxygen atoms in total. The predicted octanol–water partition coefficient (Wildman–Crippen LogP) is 2.81. The first kappa shape index (κ1) is 13.2. The highest BCUT2D eigenvalue weighted by Gasteiger charge is 2.27. The molecule has 0 bridgehead atoms. The zero-order valence-corrected chi connectivity index (χ0v) is 12.0. The van der Waals surface area contributed by atoms with E-state index in [1.807, 2.05) is 0 Å². The Morgan fingerprint density at radius 1 is 1.21 bits per heavy atom. The van der Waals surface area contributed by atoms with E-state index in [0.29, 0.717) is 6.04 Å². The smallest absolute Gasteiger partial charge is 0.118 e. The third-order valence-electron chi connectivity index (χ3n) is 4.30. The number of nitrogens with zero attached hydrogens (tertiary/aromatic N) is 1. The lowest BCUT2D eigenvalue weighted by Crippen LogP contribution is -2.38. The summed E-state index contributed by atoms with van der Waals surface area (Å²) in [6, 6.07) is 4.97. The number of furan rings is 1. The normalized spacial score (nSPS) is 23.4. The van der Waals surface area contributed by atoms with Crippen LogP contribution in [0.1, 0.15) is 44.1 Å². The van der Waals surface area contributed by atoms with Gasteiger partial charge in [0.25, 0.3) is 0 Å². The second-order valence-electron chi connectivity index (χ2n) is 6.15. The number of hydrogen-bond acceptors (Lipinski definition) is 3. The predicted molar refractivity (Wildman–Crippen MR) is 77.1 cm³/mol.